The maximum atomic E-state index is 12.1. The SMILES string of the molecule is Cc1ccc(NS(=O)(=O)Cc2ccccc2C#N)nc1. The van der Waals surface area contributed by atoms with Gasteiger partial charge in [-0.05, 0) is 30.2 Å². The Balaban J connectivity index is 2.19. The predicted octanol–water partition coefficient (Wildman–Crippen LogP) is 2.20. The third-order valence-corrected chi connectivity index (χ3v) is 3.87. The van der Waals surface area contributed by atoms with E-state index in [4.69, 9.17) is 5.26 Å². The fraction of sp³-hybridized carbons (Fsp3) is 0.143. The van der Waals surface area contributed by atoms with E-state index in [1.165, 1.54) is 0 Å². The second kappa shape index (κ2) is 5.72. The van der Waals surface area contributed by atoms with E-state index in [-0.39, 0.29) is 11.6 Å². The van der Waals surface area contributed by atoms with Gasteiger partial charge < -0.3 is 0 Å². The first kappa shape index (κ1) is 14.0. The minimum Gasteiger partial charge on any atom is -0.267 e. The molecule has 0 radical (unpaired) electrons. The van der Waals surface area contributed by atoms with Gasteiger partial charge in [-0.15, -0.1) is 0 Å². The number of nitrogens with zero attached hydrogens (tertiary/aromatic N) is 2. The van der Waals surface area contributed by atoms with Crippen LogP contribution < -0.4 is 4.72 Å². The van der Waals surface area contributed by atoms with Crippen LogP contribution in [0.5, 0.6) is 0 Å². The van der Waals surface area contributed by atoms with Crippen molar-refractivity contribution in [1.82, 2.24) is 4.98 Å². The number of nitriles is 1. The number of sulfonamides is 1. The lowest BCUT2D eigenvalue weighted by Gasteiger charge is -2.08. The van der Waals surface area contributed by atoms with Gasteiger partial charge in [0.25, 0.3) is 0 Å². The maximum absolute atomic E-state index is 12.1. The van der Waals surface area contributed by atoms with Gasteiger partial charge in [0.1, 0.15) is 5.82 Å². The van der Waals surface area contributed by atoms with E-state index >= 15 is 0 Å². The van der Waals surface area contributed by atoms with Crippen LogP contribution in [0.3, 0.4) is 0 Å². The Morgan fingerprint density at radius 1 is 1.25 bits per heavy atom. The van der Waals surface area contributed by atoms with Crippen molar-refractivity contribution in [3.8, 4) is 6.07 Å². The van der Waals surface area contributed by atoms with E-state index < -0.39 is 10.0 Å². The quantitative estimate of drug-likeness (QED) is 0.934. The molecule has 0 unspecified atom stereocenters. The summed E-state index contributed by atoms with van der Waals surface area (Å²) in [5.41, 5.74) is 1.77. The van der Waals surface area contributed by atoms with Gasteiger partial charge in [0.15, 0.2) is 0 Å². The van der Waals surface area contributed by atoms with Gasteiger partial charge in [0.05, 0.1) is 17.4 Å². The van der Waals surface area contributed by atoms with Crippen LogP contribution in [-0.4, -0.2) is 13.4 Å². The van der Waals surface area contributed by atoms with Crippen molar-refractivity contribution < 1.29 is 8.42 Å². The highest BCUT2D eigenvalue weighted by atomic mass is 32.2. The summed E-state index contributed by atoms with van der Waals surface area (Å²) in [7, 11) is -3.60. The van der Waals surface area contributed by atoms with Crippen LogP contribution in [0, 0.1) is 18.3 Å². The van der Waals surface area contributed by atoms with Crippen molar-refractivity contribution in [2.45, 2.75) is 12.7 Å². The molecule has 2 aromatic rings. The van der Waals surface area contributed by atoms with Gasteiger partial charge in [-0.1, -0.05) is 24.3 Å². The highest BCUT2D eigenvalue weighted by Gasteiger charge is 2.14. The molecule has 0 spiro atoms. The Bertz CT molecular complexity index is 747. The zero-order valence-corrected chi connectivity index (χ0v) is 11.7. The van der Waals surface area contributed by atoms with Gasteiger partial charge in [-0.25, -0.2) is 13.4 Å². The predicted molar refractivity (Wildman–Crippen MR) is 76.4 cm³/mol. The van der Waals surface area contributed by atoms with Crippen LogP contribution in [0.4, 0.5) is 5.82 Å². The minimum absolute atomic E-state index is 0.258. The Kier molecular flexibility index (Phi) is 4.01. The fourth-order valence-corrected chi connectivity index (χ4v) is 2.86. The summed E-state index contributed by atoms with van der Waals surface area (Å²) in [5, 5.41) is 8.96. The number of anilines is 1. The molecule has 0 aliphatic carbocycles. The van der Waals surface area contributed by atoms with Gasteiger partial charge >= 0.3 is 0 Å². The molecule has 0 bridgehead atoms. The van der Waals surface area contributed by atoms with Crippen LogP contribution in [0.1, 0.15) is 16.7 Å². The molecule has 102 valence electrons. The number of pyridine rings is 1. The average molecular weight is 287 g/mol. The number of benzene rings is 1. The number of hydrogen-bond acceptors (Lipinski definition) is 4. The van der Waals surface area contributed by atoms with E-state index in [0.717, 1.165) is 5.56 Å². The standard InChI is InChI=1S/C14H13N3O2S/c1-11-6-7-14(16-9-11)17-20(18,19)10-13-5-3-2-4-12(13)8-15/h2-7,9H,10H2,1H3,(H,16,17). The number of aromatic nitrogens is 1. The Hall–Kier alpha value is -2.39. The molecule has 1 aromatic heterocycles. The van der Waals surface area contributed by atoms with Gasteiger partial charge in [-0.3, -0.25) is 4.72 Å². The van der Waals surface area contributed by atoms with Crippen molar-refractivity contribution in [3.63, 3.8) is 0 Å². The second-order valence-electron chi connectivity index (χ2n) is 4.35. The van der Waals surface area contributed by atoms with Gasteiger partial charge in [-0.2, -0.15) is 5.26 Å². The van der Waals surface area contributed by atoms with Crippen molar-refractivity contribution in [2.24, 2.45) is 0 Å². The molecule has 0 aliphatic heterocycles. The molecule has 2 rings (SSSR count). The Labute approximate surface area is 118 Å². The van der Waals surface area contributed by atoms with Crippen LogP contribution in [-0.2, 0) is 15.8 Å². The fourth-order valence-electron chi connectivity index (χ4n) is 1.68. The van der Waals surface area contributed by atoms with Gasteiger partial charge in [0.2, 0.25) is 10.0 Å². The highest BCUT2D eigenvalue weighted by Crippen LogP contribution is 2.14. The molecular weight excluding hydrogens is 274 g/mol. The van der Waals surface area contributed by atoms with Crippen LogP contribution >= 0.6 is 0 Å². The minimum atomic E-state index is -3.60. The van der Waals surface area contributed by atoms with E-state index in [2.05, 4.69) is 9.71 Å². The topological polar surface area (TPSA) is 82.9 Å². The molecule has 1 heterocycles. The van der Waals surface area contributed by atoms with Crippen molar-refractivity contribution in [3.05, 3.63) is 59.3 Å². The molecule has 0 fully saturated rings. The normalized spacial score (nSPS) is 10.8. The summed E-state index contributed by atoms with van der Waals surface area (Å²) in [4.78, 5) is 3.99. The number of rotatable bonds is 4. The lowest BCUT2D eigenvalue weighted by atomic mass is 10.1. The Morgan fingerprint density at radius 2 is 2.00 bits per heavy atom. The second-order valence-corrected chi connectivity index (χ2v) is 6.07. The third-order valence-electron chi connectivity index (χ3n) is 2.65. The lowest BCUT2D eigenvalue weighted by Crippen LogP contribution is -2.16. The molecule has 1 aromatic carbocycles. The van der Waals surface area contributed by atoms with Crippen LogP contribution in [0.15, 0.2) is 42.6 Å². The summed E-state index contributed by atoms with van der Waals surface area (Å²) in [6, 6.07) is 12.0. The summed E-state index contributed by atoms with van der Waals surface area (Å²) >= 11 is 0. The lowest BCUT2D eigenvalue weighted by molar-refractivity contribution is 0.600. The first-order valence-corrected chi connectivity index (χ1v) is 7.56. The van der Waals surface area contributed by atoms with Crippen molar-refractivity contribution >= 4 is 15.8 Å². The smallest absolute Gasteiger partial charge is 0.238 e. The average Bonchev–Trinajstić information content (AvgIpc) is 2.41. The summed E-state index contributed by atoms with van der Waals surface area (Å²) in [6.45, 7) is 1.87. The van der Waals surface area contributed by atoms with E-state index in [9.17, 15) is 8.42 Å². The number of hydrogen-bond donors (Lipinski definition) is 1. The van der Waals surface area contributed by atoms with Crippen molar-refractivity contribution in [2.75, 3.05) is 4.72 Å². The largest absolute Gasteiger partial charge is 0.267 e. The van der Waals surface area contributed by atoms with E-state index in [0.29, 0.717) is 11.1 Å². The number of aryl methyl sites for hydroxylation is 1. The van der Waals surface area contributed by atoms with Crippen LogP contribution in [0.2, 0.25) is 0 Å². The third kappa shape index (κ3) is 3.56. The first-order chi connectivity index (χ1) is 9.50. The highest BCUT2D eigenvalue weighted by molar-refractivity contribution is 7.91. The molecule has 0 amide bonds. The summed E-state index contributed by atoms with van der Waals surface area (Å²) in [6.07, 6.45) is 1.58. The van der Waals surface area contributed by atoms with Crippen molar-refractivity contribution in [1.29, 1.82) is 5.26 Å². The molecular formula is C14H13N3O2S. The van der Waals surface area contributed by atoms with Crippen LogP contribution in [0.25, 0.3) is 0 Å². The molecule has 0 saturated heterocycles. The molecule has 5 nitrogen and oxygen atoms in total. The molecule has 20 heavy (non-hydrogen) atoms. The zero-order chi connectivity index (χ0) is 14.6. The van der Waals surface area contributed by atoms with E-state index in [1.807, 2.05) is 13.0 Å². The Morgan fingerprint density at radius 3 is 2.65 bits per heavy atom. The maximum Gasteiger partial charge on any atom is 0.238 e. The van der Waals surface area contributed by atoms with E-state index in [1.54, 1.807) is 42.6 Å². The molecule has 0 atom stereocenters. The summed E-state index contributed by atoms with van der Waals surface area (Å²) in [5.74, 6) is 0.0109. The number of nitrogens with one attached hydrogen (secondary N) is 1. The zero-order valence-electron chi connectivity index (χ0n) is 10.9. The molecule has 6 heteroatoms. The molecule has 0 saturated carbocycles. The summed E-state index contributed by atoms with van der Waals surface area (Å²) < 4.78 is 26.5. The molecule has 1 N–H and O–H groups in total. The first-order valence-electron chi connectivity index (χ1n) is 5.91. The molecule has 0 aliphatic rings. The van der Waals surface area contributed by atoms with Gasteiger partial charge in [0, 0.05) is 6.20 Å². The monoisotopic (exact) mass is 287 g/mol.